The fourth-order valence-corrected chi connectivity index (χ4v) is 2.56. The van der Waals surface area contributed by atoms with Crippen LogP contribution in [0.5, 0.6) is 0 Å². The molecule has 0 saturated carbocycles. The maximum absolute atomic E-state index is 12.1. The lowest BCUT2D eigenvalue weighted by molar-refractivity contribution is -0.141. The summed E-state index contributed by atoms with van der Waals surface area (Å²) < 4.78 is 26.8. The third-order valence-corrected chi connectivity index (χ3v) is 4.13. The van der Waals surface area contributed by atoms with E-state index in [1.54, 1.807) is 13.8 Å². The maximum atomic E-state index is 12.1. The van der Waals surface area contributed by atoms with Gasteiger partial charge in [-0.25, -0.2) is 0 Å². The largest absolute Gasteiger partial charge is 0.452 e. The summed E-state index contributed by atoms with van der Waals surface area (Å²) in [5, 5.41) is 0. The molecule has 0 heterocycles. The Balaban J connectivity index is 4.61. The Kier molecular flexibility index (Phi) is 7.07. The van der Waals surface area contributed by atoms with Crippen LogP contribution in [0, 0.1) is 12.3 Å². The van der Waals surface area contributed by atoms with Gasteiger partial charge in [-0.05, 0) is 20.8 Å². The van der Waals surface area contributed by atoms with Crippen LogP contribution in [0.3, 0.4) is 0 Å². The van der Waals surface area contributed by atoms with Gasteiger partial charge >= 0.3 is 13.6 Å². The molecule has 0 aromatic rings. The van der Waals surface area contributed by atoms with Crippen molar-refractivity contribution in [1.29, 1.82) is 0 Å². The summed E-state index contributed by atoms with van der Waals surface area (Å²) in [6.45, 7) is 5.02. The minimum Gasteiger partial charge on any atom is -0.452 e. The predicted octanol–water partition coefficient (Wildman–Crippen LogP) is 1.82. The number of rotatable bonds is 7. The maximum Gasteiger partial charge on any atom is 0.344 e. The number of esters is 1. The van der Waals surface area contributed by atoms with E-state index in [1.807, 2.05) is 0 Å². The Morgan fingerprint density at radius 3 is 2.25 bits per heavy atom. The van der Waals surface area contributed by atoms with Crippen LogP contribution in [-0.4, -0.2) is 31.4 Å². The molecule has 0 spiro atoms. The van der Waals surface area contributed by atoms with Crippen LogP contribution in [-0.2, 0) is 23.1 Å². The Morgan fingerprint density at radius 1 is 1.38 bits per heavy atom. The highest BCUT2D eigenvalue weighted by Gasteiger charge is 2.38. The Morgan fingerprint density at radius 2 is 1.88 bits per heavy atom. The average molecular weight is 248 g/mol. The van der Waals surface area contributed by atoms with E-state index in [9.17, 15) is 9.36 Å². The topological polar surface area (TPSA) is 61.8 Å². The van der Waals surface area contributed by atoms with E-state index in [0.717, 1.165) is 0 Å². The van der Waals surface area contributed by atoms with Gasteiger partial charge in [0, 0.05) is 0 Å². The predicted molar refractivity (Wildman–Crippen MR) is 60.1 cm³/mol. The zero-order chi connectivity index (χ0) is 12.6. The van der Waals surface area contributed by atoms with Gasteiger partial charge in [-0.1, -0.05) is 5.92 Å². The molecule has 0 bridgehead atoms. The molecule has 5 nitrogen and oxygen atoms in total. The van der Waals surface area contributed by atoms with Crippen LogP contribution >= 0.6 is 7.60 Å². The SMILES string of the molecule is C#CCOC(=O)C(C)P(=O)(OCC)OCC. The summed E-state index contributed by atoms with van der Waals surface area (Å²) in [5.74, 6) is 1.48. The second-order valence-electron chi connectivity index (χ2n) is 2.86. The van der Waals surface area contributed by atoms with Crippen molar-refractivity contribution in [2.75, 3.05) is 19.8 Å². The summed E-state index contributed by atoms with van der Waals surface area (Å²) in [6.07, 6.45) is 4.94. The van der Waals surface area contributed by atoms with Gasteiger partial charge in [-0.3, -0.25) is 9.36 Å². The summed E-state index contributed by atoms with van der Waals surface area (Å²) in [5.41, 5.74) is -0.972. The fourth-order valence-electron chi connectivity index (χ4n) is 0.983. The van der Waals surface area contributed by atoms with Gasteiger partial charge in [0.15, 0.2) is 12.3 Å². The molecule has 0 fully saturated rings. The van der Waals surface area contributed by atoms with Crippen LogP contribution in [0.1, 0.15) is 20.8 Å². The first-order valence-corrected chi connectivity index (χ1v) is 6.61. The third kappa shape index (κ3) is 4.36. The molecule has 0 aliphatic rings. The summed E-state index contributed by atoms with van der Waals surface area (Å²) in [6, 6.07) is 0. The molecule has 0 N–H and O–H groups in total. The quantitative estimate of drug-likeness (QED) is 0.390. The normalized spacial score (nSPS) is 12.9. The van der Waals surface area contributed by atoms with Crippen molar-refractivity contribution in [2.24, 2.45) is 0 Å². The van der Waals surface area contributed by atoms with Crippen molar-refractivity contribution in [2.45, 2.75) is 26.4 Å². The van der Waals surface area contributed by atoms with E-state index < -0.39 is 19.2 Å². The van der Waals surface area contributed by atoms with Gasteiger partial charge in [-0.15, -0.1) is 6.42 Å². The first-order valence-electron chi connectivity index (χ1n) is 5.00. The van der Waals surface area contributed by atoms with Crippen molar-refractivity contribution in [3.05, 3.63) is 0 Å². The highest BCUT2D eigenvalue weighted by molar-refractivity contribution is 7.55. The molecule has 1 atom stereocenters. The molecule has 0 amide bonds. The molecule has 0 aliphatic heterocycles. The van der Waals surface area contributed by atoms with Crippen LogP contribution in [0.15, 0.2) is 0 Å². The first-order chi connectivity index (χ1) is 7.51. The lowest BCUT2D eigenvalue weighted by Gasteiger charge is -2.21. The number of ether oxygens (including phenoxy) is 1. The lowest BCUT2D eigenvalue weighted by Crippen LogP contribution is -2.23. The van der Waals surface area contributed by atoms with Gasteiger partial charge in [0.25, 0.3) is 0 Å². The van der Waals surface area contributed by atoms with Crippen molar-refractivity contribution >= 4 is 13.6 Å². The van der Waals surface area contributed by atoms with Gasteiger partial charge in [-0.2, -0.15) is 0 Å². The monoisotopic (exact) mass is 248 g/mol. The second kappa shape index (κ2) is 7.45. The van der Waals surface area contributed by atoms with Gasteiger partial charge < -0.3 is 13.8 Å². The molecular formula is C10H17O5P. The van der Waals surface area contributed by atoms with Gasteiger partial charge in [0.2, 0.25) is 0 Å². The minimum absolute atomic E-state index is 0.151. The molecule has 0 saturated heterocycles. The zero-order valence-corrected chi connectivity index (χ0v) is 10.7. The standard InChI is InChI=1S/C10H17O5P/c1-5-8-13-10(11)9(4)16(12,14-6-2)15-7-3/h1,9H,6-8H2,2-4H3. The van der Waals surface area contributed by atoms with Crippen LogP contribution in [0.2, 0.25) is 0 Å². The molecule has 92 valence electrons. The van der Waals surface area contributed by atoms with E-state index >= 15 is 0 Å². The summed E-state index contributed by atoms with van der Waals surface area (Å²) in [7, 11) is -3.45. The molecule has 0 radical (unpaired) electrons. The lowest BCUT2D eigenvalue weighted by atomic mass is 10.5. The first kappa shape index (κ1) is 15.2. The molecule has 0 aromatic heterocycles. The van der Waals surface area contributed by atoms with Crippen molar-refractivity contribution < 1.29 is 23.1 Å². The van der Waals surface area contributed by atoms with E-state index in [0.29, 0.717) is 0 Å². The van der Waals surface area contributed by atoms with E-state index in [2.05, 4.69) is 10.7 Å². The van der Waals surface area contributed by atoms with Crippen molar-refractivity contribution in [3.8, 4) is 12.3 Å². The highest BCUT2D eigenvalue weighted by Crippen LogP contribution is 2.53. The smallest absolute Gasteiger partial charge is 0.344 e. The molecular weight excluding hydrogens is 231 g/mol. The van der Waals surface area contributed by atoms with Gasteiger partial charge in [0.05, 0.1) is 13.2 Å². The number of terminal acetylenes is 1. The molecule has 0 rings (SSSR count). The van der Waals surface area contributed by atoms with Crippen LogP contribution < -0.4 is 0 Å². The second-order valence-corrected chi connectivity index (χ2v) is 5.23. The molecule has 1 unspecified atom stereocenters. The van der Waals surface area contributed by atoms with E-state index in [-0.39, 0.29) is 19.8 Å². The van der Waals surface area contributed by atoms with E-state index in [1.165, 1.54) is 6.92 Å². The van der Waals surface area contributed by atoms with Crippen LogP contribution in [0.4, 0.5) is 0 Å². The third-order valence-electron chi connectivity index (χ3n) is 1.73. The molecule has 6 heteroatoms. The molecule has 0 aliphatic carbocycles. The Labute approximate surface area is 96.0 Å². The summed E-state index contributed by atoms with van der Waals surface area (Å²) in [4.78, 5) is 11.4. The van der Waals surface area contributed by atoms with Crippen molar-refractivity contribution in [3.63, 3.8) is 0 Å². The number of hydrogen-bond acceptors (Lipinski definition) is 5. The summed E-state index contributed by atoms with van der Waals surface area (Å²) >= 11 is 0. The van der Waals surface area contributed by atoms with E-state index in [4.69, 9.17) is 15.5 Å². The highest BCUT2D eigenvalue weighted by atomic mass is 31.2. The van der Waals surface area contributed by atoms with Crippen LogP contribution in [0.25, 0.3) is 0 Å². The molecule has 16 heavy (non-hydrogen) atoms. The Bertz CT molecular complexity index is 297. The Hall–Kier alpha value is -0.820. The molecule has 0 aromatic carbocycles. The zero-order valence-electron chi connectivity index (χ0n) is 9.76. The fraction of sp³-hybridized carbons (Fsp3) is 0.700. The van der Waals surface area contributed by atoms with Crippen molar-refractivity contribution in [1.82, 2.24) is 0 Å². The van der Waals surface area contributed by atoms with Gasteiger partial charge in [0.1, 0.15) is 0 Å². The average Bonchev–Trinajstić information content (AvgIpc) is 2.25. The minimum atomic E-state index is -3.45. The number of carbonyl (C=O) groups is 1. The number of carbonyl (C=O) groups excluding carboxylic acids is 1. The number of hydrogen-bond donors (Lipinski definition) is 0.